The molecule has 0 aromatic carbocycles. The van der Waals surface area contributed by atoms with Gasteiger partial charge in [-0.3, -0.25) is 4.98 Å². The van der Waals surface area contributed by atoms with Gasteiger partial charge in [0.2, 0.25) is 0 Å². The monoisotopic (exact) mass is 233 g/mol. The number of hydrogen-bond donors (Lipinski definition) is 1. The largest absolute Gasteiger partial charge is 0.393 e. The molecule has 0 saturated carbocycles. The molecule has 16 heavy (non-hydrogen) atoms. The summed E-state index contributed by atoms with van der Waals surface area (Å²) in [5.41, 5.74) is 2.46. The lowest BCUT2D eigenvalue weighted by molar-refractivity contribution is 0.165. The minimum absolute atomic E-state index is 0.247. The van der Waals surface area contributed by atoms with Gasteiger partial charge in [0.1, 0.15) is 0 Å². The predicted molar refractivity (Wildman–Crippen MR) is 66.6 cm³/mol. The van der Waals surface area contributed by atoms with Crippen molar-refractivity contribution in [3.8, 4) is 0 Å². The van der Waals surface area contributed by atoms with E-state index in [0.29, 0.717) is 0 Å². The molecule has 0 fully saturated rings. The van der Waals surface area contributed by atoms with Crippen LogP contribution in [-0.2, 0) is 12.8 Å². The van der Waals surface area contributed by atoms with Gasteiger partial charge in [0.25, 0.3) is 0 Å². The zero-order chi connectivity index (χ0) is 11.2. The Morgan fingerprint density at radius 2 is 2.00 bits per heavy atom. The number of aryl methyl sites for hydroxylation is 1. The maximum Gasteiger partial charge on any atom is 0.0584 e. The van der Waals surface area contributed by atoms with Gasteiger partial charge >= 0.3 is 0 Å². The van der Waals surface area contributed by atoms with Crippen molar-refractivity contribution in [1.82, 2.24) is 4.98 Å². The molecule has 0 radical (unpaired) electrons. The van der Waals surface area contributed by atoms with Gasteiger partial charge in [-0.25, -0.2) is 0 Å². The first-order valence-corrected chi connectivity index (χ1v) is 6.37. The van der Waals surface area contributed by atoms with E-state index in [1.54, 1.807) is 23.7 Å². The molecule has 0 aliphatic rings. The zero-order valence-electron chi connectivity index (χ0n) is 9.04. The highest BCUT2D eigenvalue weighted by Crippen LogP contribution is 2.12. The first kappa shape index (κ1) is 11.3. The van der Waals surface area contributed by atoms with E-state index >= 15 is 0 Å². The smallest absolute Gasteiger partial charge is 0.0584 e. The van der Waals surface area contributed by atoms with Gasteiger partial charge in [-0.1, -0.05) is 0 Å². The topological polar surface area (TPSA) is 33.1 Å². The lowest BCUT2D eigenvalue weighted by Crippen LogP contribution is -2.11. The summed E-state index contributed by atoms with van der Waals surface area (Å²) in [4.78, 5) is 3.97. The van der Waals surface area contributed by atoms with Crippen molar-refractivity contribution in [2.45, 2.75) is 25.4 Å². The lowest BCUT2D eigenvalue weighted by Gasteiger charge is -2.09. The molecule has 2 nitrogen and oxygen atoms in total. The van der Waals surface area contributed by atoms with Crippen LogP contribution in [0.4, 0.5) is 0 Å². The van der Waals surface area contributed by atoms with Crippen LogP contribution in [0.5, 0.6) is 0 Å². The van der Waals surface area contributed by atoms with Gasteiger partial charge in [0, 0.05) is 12.4 Å². The molecule has 1 unspecified atom stereocenters. The molecule has 0 saturated heterocycles. The van der Waals surface area contributed by atoms with E-state index in [-0.39, 0.29) is 6.10 Å². The summed E-state index contributed by atoms with van der Waals surface area (Å²) in [5, 5.41) is 14.0. The Hall–Kier alpha value is -1.19. The van der Waals surface area contributed by atoms with Gasteiger partial charge < -0.3 is 5.11 Å². The molecule has 0 amide bonds. The molecule has 0 spiro atoms. The molecule has 2 aromatic rings. The van der Waals surface area contributed by atoms with Crippen molar-refractivity contribution < 1.29 is 5.11 Å². The Bertz CT molecular complexity index is 399. The second-order valence-corrected chi connectivity index (χ2v) is 4.66. The second kappa shape index (κ2) is 5.77. The minimum atomic E-state index is -0.247. The molecule has 2 rings (SSSR count). The number of aromatic nitrogens is 1. The van der Waals surface area contributed by atoms with Crippen LogP contribution in [0, 0.1) is 0 Å². The molecule has 0 aliphatic carbocycles. The number of thiophene rings is 1. The van der Waals surface area contributed by atoms with Gasteiger partial charge in [0.15, 0.2) is 0 Å². The summed E-state index contributed by atoms with van der Waals surface area (Å²) in [6.07, 6.45) is 5.81. The van der Waals surface area contributed by atoms with Gasteiger partial charge in [-0.05, 0) is 59.3 Å². The van der Waals surface area contributed by atoms with Crippen LogP contribution < -0.4 is 0 Å². The number of aliphatic hydroxyl groups excluding tert-OH is 1. The molecule has 84 valence electrons. The molecule has 2 aromatic heterocycles. The van der Waals surface area contributed by atoms with Crippen LogP contribution in [0.15, 0.2) is 41.4 Å². The molecule has 2 heterocycles. The Labute approximate surface area is 99.6 Å². The van der Waals surface area contributed by atoms with Crippen LogP contribution in [0.1, 0.15) is 17.5 Å². The highest BCUT2D eigenvalue weighted by Gasteiger charge is 2.06. The van der Waals surface area contributed by atoms with Crippen molar-refractivity contribution in [3.63, 3.8) is 0 Å². The van der Waals surface area contributed by atoms with E-state index in [2.05, 4.69) is 16.4 Å². The average Bonchev–Trinajstić information content (AvgIpc) is 2.81. The fraction of sp³-hybridized carbons (Fsp3) is 0.308. The van der Waals surface area contributed by atoms with Gasteiger partial charge in [0.05, 0.1) is 6.10 Å². The molecule has 1 N–H and O–H groups in total. The Morgan fingerprint density at radius 1 is 1.19 bits per heavy atom. The van der Waals surface area contributed by atoms with Crippen LogP contribution in [0.2, 0.25) is 0 Å². The SMILES string of the molecule is OC(CCc1ccncc1)Cc1ccsc1. The first-order valence-electron chi connectivity index (χ1n) is 5.42. The number of rotatable bonds is 5. The standard InChI is InChI=1S/C13H15NOS/c15-13(9-12-5-8-16-10-12)2-1-11-3-6-14-7-4-11/h3-8,10,13,15H,1-2,9H2. The number of nitrogens with zero attached hydrogens (tertiary/aromatic N) is 1. The Balaban J connectivity index is 1.78. The van der Waals surface area contributed by atoms with E-state index in [4.69, 9.17) is 0 Å². The molecular formula is C13H15NOS. The summed E-state index contributed by atoms with van der Waals surface area (Å²) < 4.78 is 0. The molecule has 0 bridgehead atoms. The van der Waals surface area contributed by atoms with E-state index in [9.17, 15) is 5.11 Å². The van der Waals surface area contributed by atoms with Gasteiger partial charge in [-0.15, -0.1) is 0 Å². The number of aliphatic hydroxyl groups is 1. The maximum atomic E-state index is 9.87. The summed E-state index contributed by atoms with van der Waals surface area (Å²) in [6.45, 7) is 0. The molecule has 0 aliphatic heterocycles. The van der Waals surface area contributed by atoms with Crippen LogP contribution in [0.25, 0.3) is 0 Å². The summed E-state index contributed by atoms with van der Waals surface area (Å²) in [5.74, 6) is 0. The maximum absolute atomic E-state index is 9.87. The van der Waals surface area contributed by atoms with E-state index in [0.717, 1.165) is 19.3 Å². The fourth-order valence-corrected chi connectivity index (χ4v) is 2.35. The highest BCUT2D eigenvalue weighted by atomic mass is 32.1. The third-order valence-electron chi connectivity index (χ3n) is 2.57. The summed E-state index contributed by atoms with van der Waals surface area (Å²) in [6, 6.07) is 6.06. The summed E-state index contributed by atoms with van der Waals surface area (Å²) >= 11 is 1.68. The van der Waals surface area contributed by atoms with E-state index in [1.165, 1.54) is 11.1 Å². The predicted octanol–water partition coefficient (Wildman–Crippen LogP) is 2.68. The van der Waals surface area contributed by atoms with Crippen molar-refractivity contribution in [2.24, 2.45) is 0 Å². The van der Waals surface area contributed by atoms with Crippen molar-refractivity contribution in [2.75, 3.05) is 0 Å². The summed E-state index contributed by atoms with van der Waals surface area (Å²) in [7, 11) is 0. The minimum Gasteiger partial charge on any atom is -0.393 e. The second-order valence-electron chi connectivity index (χ2n) is 3.88. The third-order valence-corrected chi connectivity index (χ3v) is 3.30. The quantitative estimate of drug-likeness (QED) is 0.861. The molecule has 3 heteroatoms. The average molecular weight is 233 g/mol. The van der Waals surface area contributed by atoms with Crippen LogP contribution >= 0.6 is 11.3 Å². The number of pyridine rings is 1. The fourth-order valence-electron chi connectivity index (χ4n) is 1.67. The van der Waals surface area contributed by atoms with Crippen LogP contribution in [-0.4, -0.2) is 16.2 Å². The van der Waals surface area contributed by atoms with Crippen molar-refractivity contribution in [3.05, 3.63) is 52.5 Å². The molecular weight excluding hydrogens is 218 g/mol. The third kappa shape index (κ3) is 3.43. The van der Waals surface area contributed by atoms with Crippen molar-refractivity contribution >= 4 is 11.3 Å². The molecule has 1 atom stereocenters. The zero-order valence-corrected chi connectivity index (χ0v) is 9.86. The van der Waals surface area contributed by atoms with Crippen molar-refractivity contribution in [1.29, 1.82) is 0 Å². The Morgan fingerprint density at radius 3 is 2.69 bits per heavy atom. The van der Waals surface area contributed by atoms with Crippen LogP contribution in [0.3, 0.4) is 0 Å². The highest BCUT2D eigenvalue weighted by molar-refractivity contribution is 7.07. The van der Waals surface area contributed by atoms with Gasteiger partial charge in [-0.2, -0.15) is 11.3 Å². The lowest BCUT2D eigenvalue weighted by atomic mass is 10.0. The van der Waals surface area contributed by atoms with E-state index in [1.807, 2.05) is 17.5 Å². The van der Waals surface area contributed by atoms with E-state index < -0.39 is 0 Å². The number of hydrogen-bond acceptors (Lipinski definition) is 3. The normalized spacial score (nSPS) is 12.6. The Kier molecular flexibility index (Phi) is 4.08. The first-order chi connectivity index (χ1) is 7.84.